The summed E-state index contributed by atoms with van der Waals surface area (Å²) in [5, 5.41) is 2.69. The summed E-state index contributed by atoms with van der Waals surface area (Å²) in [6, 6.07) is 5.48. The summed E-state index contributed by atoms with van der Waals surface area (Å²) in [6.45, 7) is 3.97. The van der Waals surface area contributed by atoms with Gasteiger partial charge in [-0.05, 0) is 38.2 Å². The number of hydrogen-bond donors (Lipinski definition) is 2. The summed E-state index contributed by atoms with van der Waals surface area (Å²) >= 11 is 0. The molecule has 0 spiro atoms. The van der Waals surface area contributed by atoms with Gasteiger partial charge in [-0.15, -0.1) is 0 Å². The van der Waals surface area contributed by atoms with Crippen LogP contribution in [0.2, 0.25) is 0 Å². The van der Waals surface area contributed by atoms with Crippen molar-refractivity contribution in [1.82, 2.24) is 10.2 Å². The molecule has 104 valence electrons. The van der Waals surface area contributed by atoms with Gasteiger partial charge in [0.15, 0.2) is 0 Å². The molecule has 1 heterocycles. The summed E-state index contributed by atoms with van der Waals surface area (Å²) in [4.78, 5) is 16.5. The highest BCUT2D eigenvalue weighted by Crippen LogP contribution is 2.24. The zero-order valence-electron chi connectivity index (χ0n) is 11.6. The van der Waals surface area contributed by atoms with Gasteiger partial charge in [-0.3, -0.25) is 4.79 Å². The molecule has 2 rings (SSSR count). The number of likely N-dealkylation sites (N-methyl/N-ethyl adjacent to an activating group) is 1. The van der Waals surface area contributed by atoms with Crippen LogP contribution in [0.3, 0.4) is 0 Å². The molecular formula is C14H22N4O. The van der Waals surface area contributed by atoms with E-state index in [2.05, 4.69) is 22.2 Å². The van der Waals surface area contributed by atoms with Crippen LogP contribution in [0.1, 0.15) is 16.8 Å². The summed E-state index contributed by atoms with van der Waals surface area (Å²) in [7, 11) is 3.78. The van der Waals surface area contributed by atoms with Crippen molar-refractivity contribution < 1.29 is 4.79 Å². The highest BCUT2D eigenvalue weighted by Gasteiger charge is 2.18. The lowest BCUT2D eigenvalue weighted by molar-refractivity contribution is 0.0963. The van der Waals surface area contributed by atoms with Gasteiger partial charge in [0.25, 0.3) is 5.91 Å². The van der Waals surface area contributed by atoms with Crippen LogP contribution in [0.5, 0.6) is 0 Å². The first-order valence-corrected chi connectivity index (χ1v) is 6.67. The standard InChI is InChI=1S/C14H22N4O/c1-16-14(19)12-5-4-11(15)10-13(12)18-7-3-6-17(2)8-9-18/h4-5,10H,3,6-9,15H2,1-2H3,(H,16,19). The van der Waals surface area contributed by atoms with Crippen LogP contribution >= 0.6 is 0 Å². The molecule has 19 heavy (non-hydrogen) atoms. The Balaban J connectivity index is 2.31. The van der Waals surface area contributed by atoms with E-state index >= 15 is 0 Å². The maximum absolute atomic E-state index is 11.9. The number of nitrogens with one attached hydrogen (secondary N) is 1. The van der Waals surface area contributed by atoms with Crippen molar-refractivity contribution in [3.8, 4) is 0 Å². The van der Waals surface area contributed by atoms with Gasteiger partial charge in [0, 0.05) is 32.4 Å². The normalized spacial score (nSPS) is 17.1. The van der Waals surface area contributed by atoms with E-state index in [1.165, 1.54) is 0 Å². The lowest BCUT2D eigenvalue weighted by atomic mass is 10.1. The van der Waals surface area contributed by atoms with Crippen LogP contribution in [0, 0.1) is 0 Å². The Bertz CT molecular complexity index is 461. The molecule has 5 nitrogen and oxygen atoms in total. The molecular weight excluding hydrogens is 240 g/mol. The van der Waals surface area contributed by atoms with E-state index in [0.717, 1.165) is 38.3 Å². The first-order chi connectivity index (χ1) is 9.11. The van der Waals surface area contributed by atoms with E-state index in [1.54, 1.807) is 19.2 Å². The number of amides is 1. The lowest BCUT2D eigenvalue weighted by Gasteiger charge is -2.25. The minimum absolute atomic E-state index is 0.0624. The van der Waals surface area contributed by atoms with E-state index in [1.807, 2.05) is 6.07 Å². The Labute approximate surface area is 114 Å². The van der Waals surface area contributed by atoms with Gasteiger partial charge >= 0.3 is 0 Å². The minimum atomic E-state index is -0.0624. The van der Waals surface area contributed by atoms with Gasteiger partial charge in [0.1, 0.15) is 0 Å². The molecule has 1 fully saturated rings. The van der Waals surface area contributed by atoms with E-state index in [4.69, 9.17) is 5.73 Å². The van der Waals surface area contributed by atoms with Crippen LogP contribution < -0.4 is 16.0 Å². The molecule has 3 N–H and O–H groups in total. The molecule has 1 aliphatic heterocycles. The van der Waals surface area contributed by atoms with Crippen molar-refractivity contribution in [2.45, 2.75) is 6.42 Å². The summed E-state index contributed by atoms with van der Waals surface area (Å²) in [5.74, 6) is -0.0624. The molecule has 1 aromatic carbocycles. The number of hydrogen-bond acceptors (Lipinski definition) is 4. The van der Waals surface area contributed by atoms with Crippen LogP contribution in [0.25, 0.3) is 0 Å². The highest BCUT2D eigenvalue weighted by atomic mass is 16.1. The molecule has 0 aliphatic carbocycles. The predicted octanol–water partition coefficient (Wildman–Crippen LogP) is 0.770. The van der Waals surface area contributed by atoms with Crippen LogP contribution in [-0.4, -0.2) is 51.1 Å². The number of rotatable bonds is 2. The zero-order chi connectivity index (χ0) is 13.8. The van der Waals surface area contributed by atoms with Crippen molar-refractivity contribution in [3.05, 3.63) is 23.8 Å². The molecule has 0 aromatic heterocycles. The topological polar surface area (TPSA) is 61.6 Å². The minimum Gasteiger partial charge on any atom is -0.399 e. The van der Waals surface area contributed by atoms with Crippen molar-refractivity contribution in [1.29, 1.82) is 0 Å². The molecule has 1 aromatic rings. The zero-order valence-corrected chi connectivity index (χ0v) is 11.6. The first kappa shape index (κ1) is 13.7. The smallest absolute Gasteiger partial charge is 0.253 e. The largest absolute Gasteiger partial charge is 0.399 e. The van der Waals surface area contributed by atoms with Crippen LogP contribution in [0.15, 0.2) is 18.2 Å². The van der Waals surface area contributed by atoms with Crippen molar-refractivity contribution in [2.75, 3.05) is 50.9 Å². The van der Waals surface area contributed by atoms with Gasteiger partial charge < -0.3 is 20.9 Å². The predicted molar refractivity (Wildman–Crippen MR) is 78.6 cm³/mol. The van der Waals surface area contributed by atoms with Crippen molar-refractivity contribution in [3.63, 3.8) is 0 Å². The maximum Gasteiger partial charge on any atom is 0.253 e. The Morgan fingerprint density at radius 1 is 1.26 bits per heavy atom. The van der Waals surface area contributed by atoms with E-state index in [0.29, 0.717) is 11.3 Å². The quantitative estimate of drug-likeness (QED) is 0.773. The summed E-state index contributed by atoms with van der Waals surface area (Å²) in [5.41, 5.74) is 8.20. The third-order valence-electron chi connectivity index (χ3n) is 3.55. The van der Waals surface area contributed by atoms with Gasteiger partial charge in [0.2, 0.25) is 0 Å². The molecule has 5 heteroatoms. The molecule has 1 amide bonds. The summed E-state index contributed by atoms with van der Waals surface area (Å²) in [6.07, 6.45) is 1.10. The van der Waals surface area contributed by atoms with E-state index in [-0.39, 0.29) is 5.91 Å². The highest BCUT2D eigenvalue weighted by molar-refractivity contribution is 6.00. The van der Waals surface area contributed by atoms with Gasteiger partial charge in [-0.1, -0.05) is 0 Å². The van der Waals surface area contributed by atoms with Crippen molar-refractivity contribution in [2.24, 2.45) is 0 Å². The monoisotopic (exact) mass is 262 g/mol. The van der Waals surface area contributed by atoms with E-state index in [9.17, 15) is 4.79 Å². The van der Waals surface area contributed by atoms with E-state index < -0.39 is 0 Å². The molecule has 0 bridgehead atoms. The third kappa shape index (κ3) is 3.17. The average molecular weight is 262 g/mol. The Morgan fingerprint density at radius 3 is 2.79 bits per heavy atom. The fraction of sp³-hybridized carbons (Fsp3) is 0.500. The molecule has 1 saturated heterocycles. The summed E-state index contributed by atoms with van der Waals surface area (Å²) < 4.78 is 0. The average Bonchev–Trinajstić information content (AvgIpc) is 2.62. The van der Waals surface area contributed by atoms with Crippen LogP contribution in [-0.2, 0) is 0 Å². The number of carbonyl (C=O) groups excluding carboxylic acids is 1. The van der Waals surface area contributed by atoms with Gasteiger partial charge in [0.05, 0.1) is 11.3 Å². The number of nitrogen functional groups attached to an aromatic ring is 1. The molecule has 0 unspecified atom stereocenters. The Kier molecular flexibility index (Phi) is 4.27. The fourth-order valence-corrected chi connectivity index (χ4v) is 2.42. The molecule has 0 atom stereocenters. The molecule has 0 radical (unpaired) electrons. The Morgan fingerprint density at radius 2 is 2.05 bits per heavy atom. The third-order valence-corrected chi connectivity index (χ3v) is 3.55. The second-order valence-corrected chi connectivity index (χ2v) is 5.00. The molecule has 0 saturated carbocycles. The number of nitrogens with two attached hydrogens (primary N) is 1. The lowest BCUT2D eigenvalue weighted by Crippen LogP contribution is -2.31. The number of nitrogens with zero attached hydrogens (tertiary/aromatic N) is 2. The van der Waals surface area contributed by atoms with Gasteiger partial charge in [-0.25, -0.2) is 0 Å². The fourth-order valence-electron chi connectivity index (χ4n) is 2.42. The Hall–Kier alpha value is -1.75. The SMILES string of the molecule is CNC(=O)c1ccc(N)cc1N1CCCN(C)CC1. The van der Waals surface area contributed by atoms with Crippen LogP contribution in [0.4, 0.5) is 11.4 Å². The molecule has 1 aliphatic rings. The second-order valence-electron chi connectivity index (χ2n) is 5.00. The maximum atomic E-state index is 11.9. The first-order valence-electron chi connectivity index (χ1n) is 6.67. The number of carbonyl (C=O) groups is 1. The number of benzene rings is 1. The second kappa shape index (κ2) is 5.93. The van der Waals surface area contributed by atoms with Gasteiger partial charge in [-0.2, -0.15) is 0 Å². The van der Waals surface area contributed by atoms with Crippen molar-refractivity contribution >= 4 is 17.3 Å². The number of anilines is 2.